The molecule has 39 heavy (non-hydrogen) atoms. The van der Waals surface area contributed by atoms with Crippen LogP contribution < -0.4 is 10.6 Å². The number of aryl methyl sites for hydroxylation is 1. The van der Waals surface area contributed by atoms with Crippen LogP contribution in [-0.2, 0) is 16.6 Å². The summed E-state index contributed by atoms with van der Waals surface area (Å²) in [5, 5.41) is 15.1. The fourth-order valence-corrected chi connectivity index (χ4v) is 4.91. The molecular formula is C28H34N6O4S. The molecule has 1 aliphatic heterocycles. The van der Waals surface area contributed by atoms with Crippen LogP contribution >= 0.6 is 11.8 Å². The van der Waals surface area contributed by atoms with Gasteiger partial charge in [0.25, 0.3) is 11.8 Å². The van der Waals surface area contributed by atoms with E-state index in [0.717, 1.165) is 5.56 Å². The third kappa shape index (κ3) is 7.24. The predicted molar refractivity (Wildman–Crippen MR) is 150 cm³/mol. The van der Waals surface area contributed by atoms with Crippen LogP contribution in [0.1, 0.15) is 52.0 Å². The Morgan fingerprint density at radius 1 is 1.03 bits per heavy atom. The molecular weight excluding hydrogens is 516 g/mol. The lowest BCUT2D eigenvalue weighted by Crippen LogP contribution is -2.40. The summed E-state index contributed by atoms with van der Waals surface area (Å²) in [5.74, 6) is 0.298. The summed E-state index contributed by atoms with van der Waals surface area (Å²) in [4.78, 5) is 40.1. The van der Waals surface area contributed by atoms with Gasteiger partial charge in [-0.3, -0.25) is 14.4 Å². The van der Waals surface area contributed by atoms with Crippen LogP contribution in [0.15, 0.2) is 53.7 Å². The molecule has 0 unspecified atom stereocenters. The number of morpholine rings is 1. The van der Waals surface area contributed by atoms with Crippen molar-refractivity contribution in [3.63, 3.8) is 0 Å². The first-order chi connectivity index (χ1) is 18.7. The first-order valence-electron chi connectivity index (χ1n) is 12.9. The van der Waals surface area contributed by atoms with E-state index < -0.39 is 0 Å². The van der Waals surface area contributed by atoms with E-state index in [1.54, 1.807) is 45.9 Å². The van der Waals surface area contributed by atoms with Crippen LogP contribution in [0.2, 0.25) is 0 Å². The number of thioether (sulfide) groups is 1. The van der Waals surface area contributed by atoms with Crippen molar-refractivity contribution in [1.29, 1.82) is 0 Å². The summed E-state index contributed by atoms with van der Waals surface area (Å²) in [7, 11) is 1.82. The lowest BCUT2D eigenvalue weighted by Gasteiger charge is -2.27. The predicted octanol–water partition coefficient (Wildman–Crippen LogP) is 3.45. The van der Waals surface area contributed by atoms with E-state index >= 15 is 0 Å². The molecule has 11 heteroatoms. The molecule has 3 aromatic rings. The molecule has 0 radical (unpaired) electrons. The highest BCUT2D eigenvalue weighted by molar-refractivity contribution is 7.99. The van der Waals surface area contributed by atoms with Crippen molar-refractivity contribution in [2.24, 2.45) is 13.0 Å². The number of nitrogens with one attached hydrogen (secondary N) is 2. The van der Waals surface area contributed by atoms with Crippen LogP contribution in [0.5, 0.6) is 0 Å². The number of aromatic nitrogens is 3. The molecule has 2 aromatic carbocycles. The van der Waals surface area contributed by atoms with E-state index in [1.165, 1.54) is 11.8 Å². The third-order valence-electron chi connectivity index (χ3n) is 6.44. The maximum Gasteiger partial charge on any atom is 0.254 e. The minimum absolute atomic E-state index is 0.0656. The molecule has 1 saturated heterocycles. The highest BCUT2D eigenvalue weighted by Gasteiger charge is 2.25. The number of nitrogens with zero attached hydrogens (tertiary/aromatic N) is 4. The number of carbonyl (C=O) groups excluding carboxylic acids is 3. The van der Waals surface area contributed by atoms with Crippen LogP contribution in [0.4, 0.5) is 5.69 Å². The molecule has 0 saturated carbocycles. The van der Waals surface area contributed by atoms with E-state index in [9.17, 15) is 14.4 Å². The fourth-order valence-electron chi connectivity index (χ4n) is 4.19. The molecule has 3 amide bonds. The van der Waals surface area contributed by atoms with Gasteiger partial charge in [-0.15, -0.1) is 10.2 Å². The Balaban J connectivity index is 1.36. The van der Waals surface area contributed by atoms with Gasteiger partial charge in [-0.1, -0.05) is 49.4 Å². The van der Waals surface area contributed by atoms with E-state index in [4.69, 9.17) is 4.74 Å². The van der Waals surface area contributed by atoms with Crippen molar-refractivity contribution < 1.29 is 19.1 Å². The standard InChI is InChI=1S/C28H34N6O4S/c1-18(2)24(30-26(36)20-10-8-19(3)9-11-20)25-31-32-28(33(25)4)39-17-23(35)29-22-7-5-6-21(16-22)27(37)34-12-14-38-15-13-34/h5-11,16,18,24H,12-15,17H2,1-4H3,(H,29,35)(H,30,36)/t24-/m0/s1. The first-order valence-corrected chi connectivity index (χ1v) is 13.9. The Bertz CT molecular complexity index is 1320. The summed E-state index contributed by atoms with van der Waals surface area (Å²) >= 11 is 1.25. The molecule has 1 atom stereocenters. The quantitative estimate of drug-likeness (QED) is 0.392. The average molecular weight is 551 g/mol. The second kappa shape index (κ2) is 12.9. The van der Waals surface area contributed by atoms with Gasteiger partial charge in [0.05, 0.1) is 25.0 Å². The minimum atomic E-state index is -0.355. The molecule has 1 aliphatic rings. The van der Waals surface area contributed by atoms with E-state index in [0.29, 0.717) is 54.1 Å². The van der Waals surface area contributed by atoms with Gasteiger partial charge >= 0.3 is 0 Å². The smallest absolute Gasteiger partial charge is 0.254 e. The highest BCUT2D eigenvalue weighted by atomic mass is 32.2. The van der Waals surface area contributed by atoms with Gasteiger partial charge in [0.2, 0.25) is 5.91 Å². The van der Waals surface area contributed by atoms with Crippen LogP contribution in [0, 0.1) is 12.8 Å². The molecule has 0 spiro atoms. The molecule has 2 heterocycles. The zero-order chi connectivity index (χ0) is 27.9. The first kappa shape index (κ1) is 28.3. The maximum atomic E-state index is 12.9. The van der Waals surface area contributed by atoms with Crippen LogP contribution in [-0.4, -0.2) is 69.4 Å². The fraction of sp³-hybridized carbons (Fsp3) is 0.393. The molecule has 2 N–H and O–H groups in total. The molecule has 1 aromatic heterocycles. The summed E-state index contributed by atoms with van der Waals surface area (Å²) in [6, 6.07) is 14.0. The van der Waals surface area contributed by atoms with Crippen LogP contribution in [0.25, 0.3) is 0 Å². The Labute approximate surface area is 232 Å². The zero-order valence-electron chi connectivity index (χ0n) is 22.6. The Hall–Kier alpha value is -3.70. The number of ether oxygens (including phenoxy) is 1. The monoisotopic (exact) mass is 550 g/mol. The van der Waals surface area contributed by atoms with E-state index in [-0.39, 0.29) is 35.4 Å². The molecule has 1 fully saturated rings. The summed E-state index contributed by atoms with van der Waals surface area (Å²) < 4.78 is 7.12. The molecule has 206 valence electrons. The maximum absolute atomic E-state index is 12.9. The van der Waals surface area contributed by atoms with Gasteiger partial charge in [-0.05, 0) is 43.2 Å². The Morgan fingerprint density at radius 3 is 2.44 bits per heavy atom. The van der Waals surface area contributed by atoms with Crippen molar-refractivity contribution in [2.45, 2.75) is 32.0 Å². The zero-order valence-corrected chi connectivity index (χ0v) is 23.5. The normalized spacial score (nSPS) is 14.2. The van der Waals surface area contributed by atoms with Crippen LogP contribution in [0.3, 0.4) is 0 Å². The number of carbonyl (C=O) groups is 3. The minimum Gasteiger partial charge on any atom is -0.378 e. The van der Waals surface area contributed by atoms with Gasteiger partial charge in [0.1, 0.15) is 0 Å². The largest absolute Gasteiger partial charge is 0.378 e. The number of rotatable bonds is 9. The van der Waals surface area contributed by atoms with Gasteiger partial charge < -0.3 is 24.8 Å². The molecule has 0 bridgehead atoms. The van der Waals surface area contributed by atoms with Crippen molar-refractivity contribution in [3.8, 4) is 0 Å². The number of anilines is 1. The third-order valence-corrected chi connectivity index (χ3v) is 7.46. The van der Waals surface area contributed by atoms with Crippen molar-refractivity contribution in [2.75, 3.05) is 37.4 Å². The average Bonchev–Trinajstić information content (AvgIpc) is 3.30. The highest BCUT2D eigenvalue weighted by Crippen LogP contribution is 2.25. The second-order valence-corrected chi connectivity index (χ2v) is 10.7. The summed E-state index contributed by atoms with van der Waals surface area (Å²) in [6.45, 7) is 8.15. The molecule has 4 rings (SSSR count). The number of hydrogen-bond acceptors (Lipinski definition) is 7. The van der Waals surface area contributed by atoms with E-state index in [1.807, 2.05) is 40.0 Å². The lowest BCUT2D eigenvalue weighted by molar-refractivity contribution is -0.113. The SMILES string of the molecule is Cc1ccc(C(=O)N[C@H](c2nnc(SCC(=O)Nc3cccc(C(=O)N4CCOCC4)c3)n2C)C(C)C)cc1. The lowest BCUT2D eigenvalue weighted by atomic mass is 10.0. The van der Waals surface area contributed by atoms with Crippen molar-refractivity contribution >= 4 is 35.2 Å². The summed E-state index contributed by atoms with van der Waals surface area (Å²) in [6.07, 6.45) is 0. The van der Waals surface area contributed by atoms with Gasteiger partial charge in [0, 0.05) is 37.0 Å². The number of amides is 3. The number of hydrogen-bond donors (Lipinski definition) is 2. The van der Waals surface area contributed by atoms with Gasteiger partial charge in [-0.2, -0.15) is 0 Å². The topological polar surface area (TPSA) is 118 Å². The Morgan fingerprint density at radius 2 is 1.74 bits per heavy atom. The molecule has 0 aliphatic carbocycles. The van der Waals surface area contributed by atoms with Crippen molar-refractivity contribution in [1.82, 2.24) is 25.0 Å². The van der Waals surface area contributed by atoms with Gasteiger partial charge in [0.15, 0.2) is 11.0 Å². The van der Waals surface area contributed by atoms with Gasteiger partial charge in [-0.25, -0.2) is 0 Å². The van der Waals surface area contributed by atoms with Crippen molar-refractivity contribution in [3.05, 3.63) is 71.0 Å². The summed E-state index contributed by atoms with van der Waals surface area (Å²) in [5.41, 5.74) is 2.74. The second-order valence-electron chi connectivity index (χ2n) is 9.78. The Kier molecular flexibility index (Phi) is 9.36. The van der Waals surface area contributed by atoms with E-state index in [2.05, 4.69) is 20.8 Å². The molecule has 10 nitrogen and oxygen atoms in total. The number of benzene rings is 2.